The van der Waals surface area contributed by atoms with Crippen LogP contribution in [0.2, 0.25) is 0 Å². The number of aromatic nitrogens is 2. The minimum atomic E-state index is -0.822. The number of hydrogen-bond acceptors (Lipinski definition) is 6. The van der Waals surface area contributed by atoms with E-state index in [2.05, 4.69) is 26.1 Å². The van der Waals surface area contributed by atoms with Gasteiger partial charge in [-0.3, -0.25) is 10.1 Å². The molecule has 0 saturated heterocycles. The number of amides is 3. The van der Waals surface area contributed by atoms with E-state index in [0.29, 0.717) is 28.2 Å². The van der Waals surface area contributed by atoms with E-state index in [9.17, 15) is 14.0 Å². The average Bonchev–Trinajstić information content (AvgIpc) is 3.25. The Hall–Kier alpha value is -3.84. The van der Waals surface area contributed by atoms with Gasteiger partial charge in [0, 0.05) is 11.3 Å². The molecule has 0 fully saturated rings. The minimum absolute atomic E-state index is 0.157. The van der Waals surface area contributed by atoms with Crippen LogP contribution >= 0.6 is 11.3 Å². The highest BCUT2D eigenvalue weighted by atomic mass is 32.1. The number of anilines is 2. The molecule has 2 atom stereocenters. The van der Waals surface area contributed by atoms with E-state index >= 15 is 0 Å². The van der Waals surface area contributed by atoms with Crippen LogP contribution in [0.1, 0.15) is 25.8 Å². The highest BCUT2D eigenvalue weighted by molar-refractivity contribution is 7.18. The molecule has 3 N–H and O–H groups in total. The zero-order valence-corrected chi connectivity index (χ0v) is 18.2. The Morgan fingerprint density at radius 3 is 2.59 bits per heavy atom. The van der Waals surface area contributed by atoms with Crippen molar-refractivity contribution in [1.82, 2.24) is 15.5 Å². The summed E-state index contributed by atoms with van der Waals surface area (Å²) < 4.78 is 13.1. The first kappa shape index (κ1) is 22.8. The summed E-state index contributed by atoms with van der Waals surface area (Å²) in [7, 11) is 0. The van der Waals surface area contributed by atoms with Crippen LogP contribution in [0.25, 0.3) is 10.6 Å². The quantitative estimate of drug-likeness (QED) is 0.491. The van der Waals surface area contributed by atoms with Crippen molar-refractivity contribution in [2.75, 3.05) is 10.6 Å². The van der Waals surface area contributed by atoms with Gasteiger partial charge in [0.1, 0.15) is 16.9 Å². The highest BCUT2D eigenvalue weighted by Crippen LogP contribution is 2.26. The summed E-state index contributed by atoms with van der Waals surface area (Å²) in [6.45, 7) is 3.77. The molecular formula is C22H21FN6O2S. The lowest BCUT2D eigenvalue weighted by Crippen LogP contribution is -2.49. The summed E-state index contributed by atoms with van der Waals surface area (Å²) in [5.74, 6) is -0.940. The van der Waals surface area contributed by atoms with Gasteiger partial charge in [0.2, 0.25) is 11.0 Å². The zero-order chi connectivity index (χ0) is 23.1. The van der Waals surface area contributed by atoms with Crippen LogP contribution in [0.15, 0.2) is 48.5 Å². The van der Waals surface area contributed by atoms with Crippen molar-refractivity contribution in [1.29, 1.82) is 5.26 Å². The van der Waals surface area contributed by atoms with Crippen LogP contribution in [-0.4, -0.2) is 28.2 Å². The number of hydrogen-bond donors (Lipinski definition) is 3. The molecule has 0 aliphatic rings. The van der Waals surface area contributed by atoms with E-state index in [1.54, 1.807) is 30.3 Å². The lowest BCUT2D eigenvalue weighted by molar-refractivity contribution is -0.119. The third kappa shape index (κ3) is 5.86. The molecular weight excluding hydrogens is 431 g/mol. The Kier molecular flexibility index (Phi) is 7.46. The van der Waals surface area contributed by atoms with Gasteiger partial charge in [0.05, 0.1) is 11.6 Å². The number of urea groups is 1. The highest BCUT2D eigenvalue weighted by Gasteiger charge is 2.27. The van der Waals surface area contributed by atoms with Crippen LogP contribution in [0.4, 0.5) is 20.0 Å². The van der Waals surface area contributed by atoms with Crippen LogP contribution in [0.5, 0.6) is 0 Å². The van der Waals surface area contributed by atoms with Crippen molar-refractivity contribution in [2.24, 2.45) is 5.92 Å². The van der Waals surface area contributed by atoms with E-state index in [1.165, 1.54) is 18.2 Å². The van der Waals surface area contributed by atoms with Gasteiger partial charge in [0.15, 0.2) is 0 Å². The lowest BCUT2D eigenvalue weighted by atomic mass is 9.98. The topological polar surface area (TPSA) is 120 Å². The molecule has 0 unspecified atom stereocenters. The maximum absolute atomic E-state index is 13.1. The monoisotopic (exact) mass is 452 g/mol. The number of halogens is 1. The van der Waals surface area contributed by atoms with E-state index in [1.807, 2.05) is 19.9 Å². The fourth-order valence-corrected chi connectivity index (χ4v) is 3.59. The van der Waals surface area contributed by atoms with Crippen molar-refractivity contribution < 1.29 is 14.0 Å². The number of nitrogens with zero attached hydrogens (tertiary/aromatic N) is 3. The molecule has 0 aliphatic heterocycles. The molecule has 164 valence electrons. The molecule has 3 rings (SSSR count). The van der Waals surface area contributed by atoms with E-state index < -0.39 is 18.0 Å². The molecule has 3 aromatic rings. The number of nitrogens with one attached hydrogen (secondary N) is 3. The minimum Gasteiger partial charge on any atom is -0.326 e. The molecule has 1 heterocycles. The molecule has 0 radical (unpaired) electrons. The Labute approximate surface area is 188 Å². The number of rotatable bonds is 7. The molecule has 2 aromatic carbocycles. The number of carbonyl (C=O) groups is 2. The van der Waals surface area contributed by atoms with Gasteiger partial charge in [-0.1, -0.05) is 37.7 Å². The predicted octanol–water partition coefficient (Wildman–Crippen LogP) is 4.39. The normalized spacial score (nSPS) is 12.3. The van der Waals surface area contributed by atoms with E-state index in [4.69, 9.17) is 5.26 Å². The largest absolute Gasteiger partial charge is 0.326 e. The molecule has 1 aromatic heterocycles. The van der Waals surface area contributed by atoms with Gasteiger partial charge in [-0.25, -0.2) is 9.18 Å². The SMILES string of the molecule is CC[C@@H](C)[C@@H](NC(=O)Nc1cccc(C#N)c1)C(=O)Nc1nnc(-c2ccc(F)cc2)s1. The molecule has 0 spiro atoms. The Morgan fingerprint density at radius 2 is 1.91 bits per heavy atom. The fraction of sp³-hybridized carbons (Fsp3) is 0.227. The molecule has 0 bridgehead atoms. The summed E-state index contributed by atoms with van der Waals surface area (Å²) in [5, 5.41) is 25.8. The van der Waals surface area contributed by atoms with Crippen LogP contribution < -0.4 is 16.0 Å². The maximum atomic E-state index is 13.1. The van der Waals surface area contributed by atoms with Gasteiger partial charge in [0.25, 0.3) is 0 Å². The zero-order valence-electron chi connectivity index (χ0n) is 17.4. The van der Waals surface area contributed by atoms with Crippen molar-refractivity contribution in [2.45, 2.75) is 26.3 Å². The van der Waals surface area contributed by atoms with Gasteiger partial charge >= 0.3 is 6.03 Å². The van der Waals surface area contributed by atoms with E-state index in [-0.39, 0.29) is 16.9 Å². The maximum Gasteiger partial charge on any atom is 0.319 e. The summed E-state index contributed by atoms with van der Waals surface area (Å²) >= 11 is 1.15. The van der Waals surface area contributed by atoms with Crippen molar-refractivity contribution >= 4 is 34.1 Å². The molecule has 0 aliphatic carbocycles. The van der Waals surface area contributed by atoms with Gasteiger partial charge < -0.3 is 10.6 Å². The van der Waals surface area contributed by atoms with Gasteiger partial charge in [-0.2, -0.15) is 5.26 Å². The van der Waals surface area contributed by atoms with Crippen LogP contribution in [-0.2, 0) is 4.79 Å². The molecule has 0 saturated carbocycles. The van der Waals surface area contributed by atoms with Crippen LogP contribution in [0.3, 0.4) is 0 Å². The fourth-order valence-electron chi connectivity index (χ4n) is 2.84. The second kappa shape index (κ2) is 10.5. The van der Waals surface area contributed by atoms with Gasteiger partial charge in [-0.05, 0) is 48.4 Å². The first-order valence-electron chi connectivity index (χ1n) is 9.87. The Morgan fingerprint density at radius 1 is 1.16 bits per heavy atom. The number of nitriles is 1. The smallest absolute Gasteiger partial charge is 0.319 e. The Balaban J connectivity index is 1.67. The average molecular weight is 453 g/mol. The summed E-state index contributed by atoms with van der Waals surface area (Å²) in [5.41, 5.74) is 1.53. The van der Waals surface area contributed by atoms with Crippen molar-refractivity contribution in [3.05, 3.63) is 59.9 Å². The first-order valence-corrected chi connectivity index (χ1v) is 10.7. The first-order chi connectivity index (χ1) is 15.4. The molecule has 10 heteroatoms. The predicted molar refractivity (Wildman–Crippen MR) is 120 cm³/mol. The molecule has 3 amide bonds. The summed E-state index contributed by atoms with van der Waals surface area (Å²) in [6, 6.07) is 12.9. The van der Waals surface area contributed by atoms with Crippen molar-refractivity contribution in [3.63, 3.8) is 0 Å². The van der Waals surface area contributed by atoms with Gasteiger partial charge in [-0.15, -0.1) is 10.2 Å². The third-order valence-electron chi connectivity index (χ3n) is 4.78. The number of benzene rings is 2. The second-order valence-electron chi connectivity index (χ2n) is 7.06. The van der Waals surface area contributed by atoms with Crippen LogP contribution in [0, 0.1) is 23.1 Å². The Bertz CT molecular complexity index is 1140. The summed E-state index contributed by atoms with van der Waals surface area (Å²) in [6.07, 6.45) is 0.652. The molecule has 32 heavy (non-hydrogen) atoms. The lowest BCUT2D eigenvalue weighted by Gasteiger charge is -2.23. The second-order valence-corrected chi connectivity index (χ2v) is 8.04. The molecule has 8 nitrogen and oxygen atoms in total. The summed E-state index contributed by atoms with van der Waals surface area (Å²) in [4.78, 5) is 25.4. The number of carbonyl (C=O) groups excluding carboxylic acids is 2. The standard InChI is InChI=1S/C22H21FN6O2S/c1-3-13(2)18(26-21(31)25-17-6-4-5-14(11-17)12-24)19(30)27-22-29-28-20(32-22)15-7-9-16(23)10-8-15/h4-11,13,18H,3H2,1-2H3,(H2,25,26,31)(H,27,29,30)/t13-,18-/m1/s1. The third-order valence-corrected chi connectivity index (χ3v) is 5.67. The van der Waals surface area contributed by atoms with Crippen molar-refractivity contribution in [3.8, 4) is 16.6 Å². The van der Waals surface area contributed by atoms with E-state index in [0.717, 1.165) is 11.3 Å².